The second kappa shape index (κ2) is 5.43. The van der Waals surface area contributed by atoms with Crippen LogP contribution in [0, 0.1) is 16.1 Å². The third-order valence-corrected chi connectivity index (χ3v) is 2.69. The van der Waals surface area contributed by atoms with Crippen LogP contribution in [0.2, 0.25) is 0 Å². The Balaban J connectivity index is 2.15. The Morgan fingerprint density at radius 1 is 1.37 bits per heavy atom. The van der Waals surface area contributed by atoms with E-state index in [0.717, 1.165) is 5.56 Å². The molecule has 0 saturated carbocycles. The average molecular weight is 261 g/mol. The van der Waals surface area contributed by atoms with E-state index in [4.69, 9.17) is 0 Å². The molecule has 0 fully saturated rings. The van der Waals surface area contributed by atoms with Gasteiger partial charge in [0, 0.05) is 18.2 Å². The smallest absolute Gasteiger partial charge is 0.269 e. The van der Waals surface area contributed by atoms with Gasteiger partial charge in [-0.15, -0.1) is 0 Å². The van der Waals surface area contributed by atoms with Gasteiger partial charge in [-0.05, 0) is 24.6 Å². The van der Waals surface area contributed by atoms with Gasteiger partial charge in [-0.25, -0.2) is 4.98 Å². The first-order valence-corrected chi connectivity index (χ1v) is 5.68. The molecule has 1 heterocycles. The van der Waals surface area contributed by atoms with E-state index in [9.17, 15) is 14.5 Å². The van der Waals surface area contributed by atoms with Crippen molar-refractivity contribution in [1.29, 1.82) is 0 Å². The quantitative estimate of drug-likeness (QED) is 0.521. The Morgan fingerprint density at radius 3 is 2.79 bits per heavy atom. The highest BCUT2D eigenvalue weighted by atomic mass is 19.1. The van der Waals surface area contributed by atoms with Crippen molar-refractivity contribution in [1.82, 2.24) is 4.98 Å². The van der Waals surface area contributed by atoms with Crippen LogP contribution >= 0.6 is 0 Å². The lowest BCUT2D eigenvalue weighted by atomic mass is 10.1. The number of aromatic nitrogens is 1. The summed E-state index contributed by atoms with van der Waals surface area (Å²) < 4.78 is 12.7. The van der Waals surface area contributed by atoms with Crippen LogP contribution in [0.4, 0.5) is 15.8 Å². The number of benzene rings is 1. The van der Waals surface area contributed by atoms with Crippen molar-refractivity contribution in [2.24, 2.45) is 0 Å². The van der Waals surface area contributed by atoms with Crippen LogP contribution in [-0.4, -0.2) is 9.91 Å². The lowest BCUT2D eigenvalue weighted by Gasteiger charge is -2.15. The number of rotatable bonds is 4. The molecule has 0 bridgehead atoms. The molecule has 2 aromatic rings. The fourth-order valence-corrected chi connectivity index (χ4v) is 1.70. The van der Waals surface area contributed by atoms with Gasteiger partial charge >= 0.3 is 0 Å². The summed E-state index contributed by atoms with van der Waals surface area (Å²) in [6, 6.07) is 9.05. The highest BCUT2D eigenvalue weighted by molar-refractivity contribution is 5.44. The van der Waals surface area contributed by atoms with E-state index in [0.29, 0.717) is 5.69 Å². The zero-order valence-electron chi connectivity index (χ0n) is 10.2. The Bertz CT molecular complexity index is 587. The molecule has 1 aromatic carbocycles. The Morgan fingerprint density at radius 2 is 2.16 bits per heavy atom. The molecular formula is C13H12FN3O2. The van der Waals surface area contributed by atoms with Gasteiger partial charge in [-0.2, -0.15) is 4.39 Å². The summed E-state index contributed by atoms with van der Waals surface area (Å²) in [6.45, 7) is 1.86. The maximum absolute atomic E-state index is 12.7. The van der Waals surface area contributed by atoms with Crippen molar-refractivity contribution in [2.75, 3.05) is 5.32 Å². The maximum Gasteiger partial charge on any atom is 0.269 e. The molecule has 0 aliphatic heterocycles. The number of nitro benzene ring substituents is 1. The fraction of sp³-hybridized carbons (Fsp3) is 0.154. The van der Waals surface area contributed by atoms with Crippen LogP contribution in [-0.2, 0) is 0 Å². The van der Waals surface area contributed by atoms with Gasteiger partial charge < -0.3 is 5.32 Å². The molecule has 5 nitrogen and oxygen atoms in total. The monoisotopic (exact) mass is 261 g/mol. The van der Waals surface area contributed by atoms with Gasteiger partial charge in [0.15, 0.2) is 0 Å². The van der Waals surface area contributed by atoms with Gasteiger partial charge in [-0.1, -0.05) is 12.1 Å². The molecule has 0 spiro atoms. The molecule has 0 aliphatic carbocycles. The molecule has 0 saturated heterocycles. The molecule has 98 valence electrons. The van der Waals surface area contributed by atoms with Crippen molar-refractivity contribution in [3.8, 4) is 0 Å². The molecule has 0 radical (unpaired) electrons. The third kappa shape index (κ3) is 3.25. The van der Waals surface area contributed by atoms with Crippen LogP contribution in [0.1, 0.15) is 18.5 Å². The summed E-state index contributed by atoms with van der Waals surface area (Å²) in [5.41, 5.74) is 1.47. The number of nitrogens with one attached hydrogen (secondary N) is 1. The summed E-state index contributed by atoms with van der Waals surface area (Å²) >= 11 is 0. The van der Waals surface area contributed by atoms with Gasteiger partial charge in [-0.3, -0.25) is 10.1 Å². The number of anilines is 1. The standard InChI is InChI=1S/C13H12FN3O2/c1-9(16-11-5-6-13(14)15-8-11)10-3-2-4-12(7-10)17(18)19/h2-9,16H,1H3. The zero-order valence-corrected chi connectivity index (χ0v) is 10.2. The van der Waals surface area contributed by atoms with Crippen molar-refractivity contribution < 1.29 is 9.31 Å². The van der Waals surface area contributed by atoms with Crippen LogP contribution in [0.3, 0.4) is 0 Å². The van der Waals surface area contributed by atoms with E-state index in [1.807, 2.05) is 6.92 Å². The first kappa shape index (κ1) is 12.9. The van der Waals surface area contributed by atoms with Gasteiger partial charge in [0.2, 0.25) is 5.95 Å². The second-order valence-corrected chi connectivity index (χ2v) is 4.09. The number of hydrogen-bond donors (Lipinski definition) is 1. The van der Waals surface area contributed by atoms with E-state index in [2.05, 4.69) is 10.3 Å². The second-order valence-electron chi connectivity index (χ2n) is 4.09. The first-order chi connectivity index (χ1) is 9.06. The molecule has 1 N–H and O–H groups in total. The third-order valence-electron chi connectivity index (χ3n) is 2.69. The molecule has 1 unspecified atom stereocenters. The van der Waals surface area contributed by atoms with E-state index < -0.39 is 10.9 Å². The predicted molar refractivity (Wildman–Crippen MR) is 69.3 cm³/mol. The van der Waals surface area contributed by atoms with Crippen molar-refractivity contribution in [3.63, 3.8) is 0 Å². The zero-order chi connectivity index (χ0) is 13.8. The van der Waals surface area contributed by atoms with Crippen LogP contribution in [0.5, 0.6) is 0 Å². The normalized spacial score (nSPS) is 11.9. The summed E-state index contributed by atoms with van der Waals surface area (Å²) in [5, 5.41) is 13.8. The summed E-state index contributed by atoms with van der Waals surface area (Å²) in [4.78, 5) is 13.8. The van der Waals surface area contributed by atoms with Crippen LogP contribution in [0.25, 0.3) is 0 Å². The van der Waals surface area contributed by atoms with E-state index >= 15 is 0 Å². The maximum atomic E-state index is 12.7. The molecular weight excluding hydrogens is 249 g/mol. The van der Waals surface area contributed by atoms with Crippen molar-refractivity contribution >= 4 is 11.4 Å². The molecule has 19 heavy (non-hydrogen) atoms. The van der Waals surface area contributed by atoms with Crippen molar-refractivity contribution in [3.05, 3.63) is 64.2 Å². The number of halogens is 1. The number of nitro groups is 1. The molecule has 0 aliphatic rings. The minimum atomic E-state index is -0.548. The number of non-ortho nitro benzene ring substituents is 1. The number of pyridine rings is 1. The number of nitrogens with zero attached hydrogens (tertiary/aromatic N) is 2. The minimum absolute atomic E-state index is 0.0448. The molecule has 0 amide bonds. The molecule has 2 rings (SSSR count). The minimum Gasteiger partial charge on any atom is -0.377 e. The summed E-state index contributed by atoms with van der Waals surface area (Å²) in [5.74, 6) is -0.548. The fourth-order valence-electron chi connectivity index (χ4n) is 1.70. The van der Waals surface area contributed by atoms with E-state index in [1.165, 1.54) is 24.4 Å². The molecule has 1 atom stereocenters. The Labute approximate surface area is 109 Å². The average Bonchev–Trinajstić information content (AvgIpc) is 2.41. The Kier molecular flexibility index (Phi) is 3.70. The largest absolute Gasteiger partial charge is 0.377 e. The van der Waals surface area contributed by atoms with E-state index in [-0.39, 0.29) is 11.7 Å². The topological polar surface area (TPSA) is 68.1 Å². The molecule has 6 heteroatoms. The van der Waals surface area contributed by atoms with Gasteiger partial charge in [0.05, 0.1) is 16.8 Å². The summed E-state index contributed by atoms with van der Waals surface area (Å²) in [6.07, 6.45) is 1.38. The predicted octanol–water partition coefficient (Wildman–Crippen LogP) is 3.30. The highest BCUT2D eigenvalue weighted by Gasteiger charge is 2.10. The highest BCUT2D eigenvalue weighted by Crippen LogP contribution is 2.22. The summed E-state index contributed by atoms with van der Waals surface area (Å²) in [7, 11) is 0. The SMILES string of the molecule is CC(Nc1ccc(F)nc1)c1cccc([N+](=O)[O-])c1. The van der Waals surface area contributed by atoms with Gasteiger partial charge in [0.1, 0.15) is 0 Å². The lowest BCUT2D eigenvalue weighted by molar-refractivity contribution is -0.384. The Hall–Kier alpha value is -2.50. The molecule has 1 aromatic heterocycles. The van der Waals surface area contributed by atoms with Gasteiger partial charge in [0.25, 0.3) is 5.69 Å². The van der Waals surface area contributed by atoms with E-state index in [1.54, 1.807) is 18.2 Å². The van der Waals surface area contributed by atoms with Crippen molar-refractivity contribution in [2.45, 2.75) is 13.0 Å². The lowest BCUT2D eigenvalue weighted by Crippen LogP contribution is -2.07. The number of hydrogen-bond acceptors (Lipinski definition) is 4. The first-order valence-electron chi connectivity index (χ1n) is 5.68. The van der Waals surface area contributed by atoms with Crippen LogP contribution < -0.4 is 5.32 Å². The van der Waals surface area contributed by atoms with Crippen LogP contribution in [0.15, 0.2) is 42.6 Å².